The average molecular weight is 491 g/mol. The fraction of sp³-hybridized carbons (Fsp3) is 0.318. The van der Waals surface area contributed by atoms with E-state index in [9.17, 15) is 13.2 Å². The highest BCUT2D eigenvalue weighted by Gasteiger charge is 2.19. The first-order chi connectivity index (χ1) is 15.7. The Morgan fingerprint density at radius 3 is 2.58 bits per heavy atom. The number of hydrogen-bond acceptors (Lipinski definition) is 8. The van der Waals surface area contributed by atoms with E-state index in [4.69, 9.17) is 9.26 Å². The van der Waals surface area contributed by atoms with Crippen LogP contribution >= 0.6 is 11.8 Å². The minimum atomic E-state index is -3.69. The molecule has 0 fully saturated rings. The van der Waals surface area contributed by atoms with Gasteiger partial charge in [0.1, 0.15) is 10.8 Å². The number of anilines is 1. The Balaban J connectivity index is 1.69. The molecule has 0 bridgehead atoms. The summed E-state index contributed by atoms with van der Waals surface area (Å²) in [7, 11) is -2.19. The number of rotatable bonds is 10. The lowest BCUT2D eigenvalue weighted by molar-refractivity contribution is 0.102. The molecular formula is C22H26N4O5S2. The summed E-state index contributed by atoms with van der Waals surface area (Å²) >= 11 is 1.42. The van der Waals surface area contributed by atoms with Gasteiger partial charge < -0.3 is 14.6 Å². The Bertz CT molecular complexity index is 1190. The van der Waals surface area contributed by atoms with E-state index < -0.39 is 10.0 Å². The van der Waals surface area contributed by atoms with Crippen LogP contribution in [0.2, 0.25) is 0 Å². The van der Waals surface area contributed by atoms with Crippen LogP contribution in [0.25, 0.3) is 0 Å². The Labute approximate surface area is 197 Å². The van der Waals surface area contributed by atoms with Crippen molar-refractivity contribution in [3.05, 3.63) is 65.2 Å². The van der Waals surface area contributed by atoms with Gasteiger partial charge in [0, 0.05) is 36.4 Å². The molecule has 0 aliphatic heterocycles. The molecule has 2 heterocycles. The Morgan fingerprint density at radius 1 is 1.21 bits per heavy atom. The number of aryl methyl sites for hydroxylation is 2. The predicted molar refractivity (Wildman–Crippen MR) is 126 cm³/mol. The predicted octanol–water partition coefficient (Wildman–Crippen LogP) is 3.54. The molecule has 0 spiro atoms. The van der Waals surface area contributed by atoms with Crippen molar-refractivity contribution < 1.29 is 22.5 Å². The molecule has 176 valence electrons. The molecule has 1 amide bonds. The van der Waals surface area contributed by atoms with Crippen LogP contribution in [0, 0.1) is 13.8 Å². The summed E-state index contributed by atoms with van der Waals surface area (Å²) in [6.45, 7) is 5.69. The minimum absolute atomic E-state index is 0.0977. The topological polar surface area (TPSA) is 123 Å². The number of benzene rings is 1. The summed E-state index contributed by atoms with van der Waals surface area (Å²) in [5, 5.41) is 7.32. The number of pyridine rings is 1. The van der Waals surface area contributed by atoms with Crippen molar-refractivity contribution in [3.63, 3.8) is 0 Å². The number of nitrogens with one attached hydrogen (secondary N) is 2. The Morgan fingerprint density at radius 2 is 1.94 bits per heavy atom. The molecule has 1 aromatic carbocycles. The minimum Gasteiger partial charge on any atom is -0.383 e. The molecule has 0 aliphatic rings. The van der Waals surface area contributed by atoms with E-state index in [2.05, 4.69) is 20.2 Å². The van der Waals surface area contributed by atoms with Gasteiger partial charge in [0.05, 0.1) is 22.8 Å². The lowest BCUT2D eigenvalue weighted by Gasteiger charge is -2.14. The van der Waals surface area contributed by atoms with Crippen molar-refractivity contribution in [2.45, 2.75) is 42.5 Å². The number of amides is 1. The van der Waals surface area contributed by atoms with Crippen LogP contribution in [-0.4, -0.2) is 44.2 Å². The fourth-order valence-electron chi connectivity index (χ4n) is 3.06. The second-order valence-electron chi connectivity index (χ2n) is 7.40. The zero-order valence-electron chi connectivity index (χ0n) is 18.8. The van der Waals surface area contributed by atoms with Gasteiger partial charge in [-0.3, -0.25) is 4.79 Å². The summed E-state index contributed by atoms with van der Waals surface area (Å²) in [6, 6.07) is 8.98. The summed E-state index contributed by atoms with van der Waals surface area (Å²) in [6.07, 6.45) is 1.63. The monoisotopic (exact) mass is 490 g/mol. The van der Waals surface area contributed by atoms with E-state index in [1.54, 1.807) is 37.4 Å². The number of hydrogen-bond donors (Lipinski definition) is 2. The molecule has 1 unspecified atom stereocenters. The van der Waals surface area contributed by atoms with Crippen LogP contribution in [0.3, 0.4) is 0 Å². The van der Waals surface area contributed by atoms with Crippen LogP contribution in [0.4, 0.5) is 5.69 Å². The molecular weight excluding hydrogens is 464 g/mol. The molecule has 2 N–H and O–H groups in total. The maximum atomic E-state index is 12.9. The number of ether oxygens (including phenoxy) is 1. The summed E-state index contributed by atoms with van der Waals surface area (Å²) < 4.78 is 37.6. The van der Waals surface area contributed by atoms with Gasteiger partial charge in [-0.15, -0.1) is 11.8 Å². The third-order valence-electron chi connectivity index (χ3n) is 4.75. The van der Waals surface area contributed by atoms with Gasteiger partial charge in [0.15, 0.2) is 0 Å². The van der Waals surface area contributed by atoms with Crippen molar-refractivity contribution in [1.82, 2.24) is 14.9 Å². The maximum absolute atomic E-state index is 12.9. The highest BCUT2D eigenvalue weighted by Crippen LogP contribution is 2.27. The van der Waals surface area contributed by atoms with Crippen molar-refractivity contribution in [2.24, 2.45) is 0 Å². The van der Waals surface area contributed by atoms with Crippen LogP contribution in [-0.2, 0) is 20.5 Å². The number of methoxy groups -OCH3 is 1. The van der Waals surface area contributed by atoms with Gasteiger partial charge in [-0.25, -0.2) is 18.1 Å². The van der Waals surface area contributed by atoms with Crippen molar-refractivity contribution in [3.8, 4) is 0 Å². The van der Waals surface area contributed by atoms with Gasteiger partial charge in [-0.1, -0.05) is 5.16 Å². The third kappa shape index (κ3) is 6.41. The van der Waals surface area contributed by atoms with E-state index >= 15 is 0 Å². The zero-order valence-corrected chi connectivity index (χ0v) is 20.4. The number of sulfonamides is 1. The quantitative estimate of drug-likeness (QED) is 0.414. The lowest BCUT2D eigenvalue weighted by Crippen LogP contribution is -2.35. The number of thioether (sulfide) groups is 1. The zero-order chi connectivity index (χ0) is 24.0. The number of carbonyl (C=O) groups excluding carboxylic acids is 1. The van der Waals surface area contributed by atoms with Crippen molar-refractivity contribution in [1.29, 1.82) is 0 Å². The molecule has 3 aromatic rings. The van der Waals surface area contributed by atoms with Crippen molar-refractivity contribution in [2.75, 3.05) is 19.0 Å². The van der Waals surface area contributed by atoms with Gasteiger partial charge in [-0.05, 0) is 57.2 Å². The molecule has 0 radical (unpaired) electrons. The molecule has 1 atom stereocenters. The van der Waals surface area contributed by atoms with Crippen LogP contribution in [0.5, 0.6) is 0 Å². The molecule has 0 saturated heterocycles. The van der Waals surface area contributed by atoms with Gasteiger partial charge in [-0.2, -0.15) is 0 Å². The lowest BCUT2D eigenvalue weighted by atomic mass is 10.2. The largest absolute Gasteiger partial charge is 0.383 e. The first-order valence-electron chi connectivity index (χ1n) is 10.1. The molecule has 0 saturated carbocycles. The van der Waals surface area contributed by atoms with E-state index in [0.717, 1.165) is 17.0 Å². The SMILES string of the molecule is COCC(C)NS(=O)(=O)c1ccc(NC(=O)c2cccnc2SCc2c(C)noc2C)cc1. The van der Waals surface area contributed by atoms with Crippen LogP contribution < -0.4 is 10.0 Å². The molecule has 11 heteroatoms. The number of nitrogens with zero attached hydrogens (tertiary/aromatic N) is 2. The van der Waals surface area contributed by atoms with Gasteiger partial charge >= 0.3 is 0 Å². The fourth-order valence-corrected chi connectivity index (χ4v) is 5.43. The second kappa shape index (κ2) is 10.9. The van der Waals surface area contributed by atoms with Gasteiger partial charge in [0.25, 0.3) is 5.91 Å². The third-order valence-corrected chi connectivity index (χ3v) is 7.38. The van der Waals surface area contributed by atoms with Crippen LogP contribution in [0.15, 0.2) is 57.0 Å². The smallest absolute Gasteiger partial charge is 0.258 e. The summed E-state index contributed by atoms with van der Waals surface area (Å²) in [5.74, 6) is 0.967. The molecule has 0 aliphatic carbocycles. The Kier molecular flexibility index (Phi) is 8.25. The molecule has 3 rings (SSSR count). The van der Waals surface area contributed by atoms with E-state index in [1.807, 2.05) is 13.8 Å². The molecule has 33 heavy (non-hydrogen) atoms. The van der Waals surface area contributed by atoms with Crippen LogP contribution in [0.1, 0.15) is 34.3 Å². The normalized spacial score (nSPS) is 12.5. The van der Waals surface area contributed by atoms with E-state index in [1.165, 1.54) is 31.0 Å². The van der Waals surface area contributed by atoms with E-state index in [0.29, 0.717) is 22.0 Å². The summed E-state index contributed by atoms with van der Waals surface area (Å²) in [4.78, 5) is 17.3. The summed E-state index contributed by atoms with van der Waals surface area (Å²) in [5.41, 5.74) is 2.67. The molecule has 2 aromatic heterocycles. The highest BCUT2D eigenvalue weighted by molar-refractivity contribution is 7.98. The Hall–Kier alpha value is -2.73. The van der Waals surface area contributed by atoms with Crippen molar-refractivity contribution >= 4 is 33.4 Å². The first kappa shape index (κ1) is 24.9. The number of aromatic nitrogens is 2. The number of carbonyl (C=O) groups is 1. The van der Waals surface area contributed by atoms with E-state index in [-0.39, 0.29) is 23.5 Å². The maximum Gasteiger partial charge on any atom is 0.258 e. The second-order valence-corrected chi connectivity index (χ2v) is 10.1. The average Bonchev–Trinajstić information content (AvgIpc) is 3.10. The highest BCUT2D eigenvalue weighted by atomic mass is 32.2. The molecule has 9 nitrogen and oxygen atoms in total. The first-order valence-corrected chi connectivity index (χ1v) is 12.6. The standard InChI is InChI=1S/C22H26N4O5S2/c1-14(12-30-4)26-33(28,29)18-9-7-17(8-10-18)24-21(27)19-6-5-11-23-22(19)32-13-20-15(2)25-31-16(20)3/h5-11,14,26H,12-13H2,1-4H3,(H,24,27). The van der Waals surface area contributed by atoms with Gasteiger partial charge in [0.2, 0.25) is 10.0 Å².